The molecule has 1 fully saturated rings. The summed E-state index contributed by atoms with van der Waals surface area (Å²) >= 11 is 1.12. The van der Waals surface area contributed by atoms with Crippen LogP contribution in [-0.4, -0.2) is 77.3 Å². The maximum absolute atomic E-state index is 14.8. The third kappa shape index (κ3) is 8.50. The van der Waals surface area contributed by atoms with Gasteiger partial charge in [-0.15, -0.1) is 11.3 Å². The van der Waals surface area contributed by atoms with Crippen LogP contribution in [0.25, 0.3) is 22.0 Å². The highest BCUT2D eigenvalue weighted by Gasteiger charge is 2.34. The Labute approximate surface area is 282 Å². The Bertz CT molecular complexity index is 1840. The Hall–Kier alpha value is -5.10. The highest BCUT2D eigenvalue weighted by Crippen LogP contribution is 2.35. The van der Waals surface area contributed by atoms with E-state index < -0.39 is 54.3 Å². The summed E-state index contributed by atoms with van der Waals surface area (Å²) in [6.07, 6.45) is 6.07. The summed E-state index contributed by atoms with van der Waals surface area (Å²) in [5, 5.41) is 22.5. The van der Waals surface area contributed by atoms with E-state index in [0.717, 1.165) is 56.1 Å². The monoisotopic (exact) mass is 701 g/mol. The van der Waals surface area contributed by atoms with Crippen LogP contribution in [0.1, 0.15) is 63.0 Å². The van der Waals surface area contributed by atoms with E-state index in [4.69, 9.17) is 14.2 Å². The van der Waals surface area contributed by atoms with Crippen molar-refractivity contribution in [3.8, 4) is 22.0 Å². The summed E-state index contributed by atoms with van der Waals surface area (Å²) in [4.78, 5) is 56.6. The van der Waals surface area contributed by atoms with Crippen molar-refractivity contribution in [3.63, 3.8) is 0 Å². The predicted molar refractivity (Wildman–Crippen MR) is 168 cm³/mol. The fourth-order valence-electron chi connectivity index (χ4n) is 5.26. The zero-order valence-electron chi connectivity index (χ0n) is 26.7. The number of aliphatic carboxylic acids is 1. The Morgan fingerprint density at radius 2 is 1.86 bits per heavy atom. The van der Waals surface area contributed by atoms with Gasteiger partial charge in [0.2, 0.25) is 12.1 Å². The molecule has 4 aromatic rings. The molecule has 49 heavy (non-hydrogen) atoms. The molecule has 0 aromatic carbocycles. The quantitative estimate of drug-likeness (QED) is 0.147. The molecule has 5 rings (SSSR count). The van der Waals surface area contributed by atoms with Crippen LogP contribution in [0.4, 0.5) is 14.5 Å². The number of amides is 1. The zero-order chi connectivity index (χ0) is 35.2. The third-order valence-electron chi connectivity index (χ3n) is 7.76. The number of pyridine rings is 1. The molecule has 0 aliphatic heterocycles. The number of ether oxygens (including phenoxy) is 3. The van der Waals surface area contributed by atoms with Gasteiger partial charge in [-0.25, -0.2) is 23.8 Å². The van der Waals surface area contributed by atoms with Crippen LogP contribution in [0.3, 0.4) is 0 Å². The van der Waals surface area contributed by atoms with E-state index in [1.807, 2.05) is 6.92 Å². The fraction of sp³-hybridized carbons (Fsp3) is 0.419. The number of thiazole rings is 1. The predicted octanol–water partition coefficient (Wildman–Crippen LogP) is 4.47. The van der Waals surface area contributed by atoms with E-state index in [0.29, 0.717) is 17.2 Å². The highest BCUT2D eigenvalue weighted by atomic mass is 32.1. The number of carboxylic acids is 1. The van der Waals surface area contributed by atoms with Gasteiger partial charge in [0.1, 0.15) is 28.0 Å². The van der Waals surface area contributed by atoms with Crippen molar-refractivity contribution in [2.24, 2.45) is 5.92 Å². The zero-order valence-corrected chi connectivity index (χ0v) is 27.5. The molecule has 2 atom stereocenters. The Morgan fingerprint density at radius 1 is 1.10 bits per heavy atom. The summed E-state index contributed by atoms with van der Waals surface area (Å²) in [5.41, 5.74) is 0.243. The first-order chi connectivity index (χ1) is 23.4. The number of anilines is 1. The van der Waals surface area contributed by atoms with Crippen molar-refractivity contribution < 1.29 is 47.3 Å². The average molecular weight is 702 g/mol. The van der Waals surface area contributed by atoms with Gasteiger partial charge in [-0.3, -0.25) is 19.1 Å². The van der Waals surface area contributed by atoms with Gasteiger partial charge in [-0.1, -0.05) is 0 Å². The summed E-state index contributed by atoms with van der Waals surface area (Å²) in [7, 11) is 0. The summed E-state index contributed by atoms with van der Waals surface area (Å²) < 4.78 is 47.5. The van der Waals surface area contributed by atoms with Crippen LogP contribution in [-0.2, 0) is 35.3 Å². The lowest BCUT2D eigenvalue weighted by molar-refractivity contribution is -0.177. The average Bonchev–Trinajstić information content (AvgIpc) is 3.84. The molecular formula is C31H33F2N7O8S. The van der Waals surface area contributed by atoms with Gasteiger partial charge >= 0.3 is 17.9 Å². The molecule has 15 nitrogen and oxygen atoms in total. The van der Waals surface area contributed by atoms with Gasteiger partial charge in [0.05, 0.1) is 24.0 Å². The van der Waals surface area contributed by atoms with Crippen LogP contribution in [0.5, 0.6) is 0 Å². The maximum atomic E-state index is 14.8. The number of halogens is 2. The molecule has 0 radical (unpaired) electrons. The maximum Gasteiger partial charge on any atom is 0.350 e. The van der Waals surface area contributed by atoms with E-state index in [1.165, 1.54) is 29.4 Å². The van der Waals surface area contributed by atoms with Crippen LogP contribution in [0, 0.1) is 17.7 Å². The number of carbonyl (C=O) groups is 4. The van der Waals surface area contributed by atoms with E-state index in [9.17, 15) is 33.1 Å². The number of carbonyl (C=O) groups excluding carboxylic acids is 3. The largest absolute Gasteiger partial charge is 0.481 e. The first kappa shape index (κ1) is 35.2. The van der Waals surface area contributed by atoms with E-state index in [2.05, 4.69) is 25.5 Å². The van der Waals surface area contributed by atoms with Crippen LogP contribution in [0.15, 0.2) is 36.1 Å². The summed E-state index contributed by atoms with van der Waals surface area (Å²) in [6.45, 7) is 4.38. The standard InChI is InChI=1S/C31H33F2N7O8S/c1-4-46-20-7-5-19(6-8-20)40-13-22(26(38-40)25-21(32)9-10-24(33)37-25)35-28(42)23-14-49-29(36-23)18-11-34-39(12-18)15-47-31(45)27(48-17(3)41)16(2)30(43)44/h9-14,16,19-20,27H,4-8,15H2,1-3H3,(H,35,42)(H,43,44)/t16-,19?,20?,27-/m0/s1. The van der Waals surface area contributed by atoms with Gasteiger partial charge in [0, 0.05) is 36.9 Å². The molecule has 1 amide bonds. The normalized spacial score (nSPS) is 17.2. The minimum absolute atomic E-state index is 0.0228. The lowest BCUT2D eigenvalue weighted by Gasteiger charge is -2.28. The lowest BCUT2D eigenvalue weighted by Crippen LogP contribution is -2.38. The van der Waals surface area contributed by atoms with Gasteiger partial charge in [0.15, 0.2) is 12.5 Å². The molecule has 0 spiro atoms. The molecule has 1 aliphatic rings. The number of nitrogens with one attached hydrogen (secondary N) is 1. The van der Waals surface area contributed by atoms with Crippen LogP contribution in [0.2, 0.25) is 0 Å². The van der Waals surface area contributed by atoms with Gasteiger partial charge < -0.3 is 24.6 Å². The Balaban J connectivity index is 1.29. The Kier molecular flexibility index (Phi) is 11.1. The second kappa shape index (κ2) is 15.4. The van der Waals surface area contributed by atoms with Gasteiger partial charge in [-0.2, -0.15) is 14.6 Å². The number of nitrogens with zero attached hydrogens (tertiary/aromatic N) is 6. The van der Waals surface area contributed by atoms with Crippen molar-refractivity contribution in [2.75, 3.05) is 11.9 Å². The third-order valence-corrected chi connectivity index (χ3v) is 8.65. The summed E-state index contributed by atoms with van der Waals surface area (Å²) in [6, 6.07) is 1.79. The number of aromatic nitrogens is 6. The molecule has 260 valence electrons. The molecule has 0 bridgehead atoms. The van der Waals surface area contributed by atoms with E-state index >= 15 is 0 Å². The molecule has 2 N–H and O–H groups in total. The lowest BCUT2D eigenvalue weighted by atomic mass is 9.93. The number of carboxylic acid groups (broad SMARTS) is 1. The van der Waals surface area contributed by atoms with Crippen molar-refractivity contribution in [2.45, 2.75) is 71.4 Å². The molecule has 0 saturated heterocycles. The molecule has 1 aliphatic carbocycles. The topological polar surface area (TPSA) is 190 Å². The minimum Gasteiger partial charge on any atom is -0.481 e. The van der Waals surface area contributed by atoms with Crippen molar-refractivity contribution in [1.82, 2.24) is 29.5 Å². The fourth-order valence-corrected chi connectivity index (χ4v) is 6.03. The van der Waals surface area contributed by atoms with Crippen LogP contribution < -0.4 is 5.32 Å². The van der Waals surface area contributed by atoms with E-state index in [-0.39, 0.29) is 34.9 Å². The molecule has 1 saturated carbocycles. The molecule has 4 aromatic heterocycles. The molecule has 4 heterocycles. The first-order valence-electron chi connectivity index (χ1n) is 15.3. The van der Waals surface area contributed by atoms with Crippen molar-refractivity contribution in [1.29, 1.82) is 0 Å². The second-order valence-electron chi connectivity index (χ2n) is 11.2. The first-order valence-corrected chi connectivity index (χ1v) is 16.2. The SMILES string of the molecule is CCOC1CCC(n2cc(NC(=O)c3csc(-c4cnn(COC(=O)[C@@H](OC(C)=O)[C@H](C)C(=O)O)c4)n3)c(-c3nc(F)ccc3F)n2)CC1. The van der Waals surface area contributed by atoms with Crippen LogP contribution >= 0.6 is 11.3 Å². The van der Waals surface area contributed by atoms with E-state index in [1.54, 1.807) is 10.9 Å². The number of rotatable bonds is 13. The van der Waals surface area contributed by atoms with Crippen molar-refractivity contribution in [3.05, 3.63) is 53.6 Å². The molecular weight excluding hydrogens is 668 g/mol. The number of hydrogen-bond acceptors (Lipinski definition) is 12. The summed E-state index contributed by atoms with van der Waals surface area (Å²) in [5.74, 6) is -6.95. The molecule has 0 unspecified atom stereocenters. The number of esters is 2. The second-order valence-corrected chi connectivity index (χ2v) is 12.1. The minimum atomic E-state index is -1.65. The number of hydrogen-bond donors (Lipinski definition) is 2. The van der Waals surface area contributed by atoms with Gasteiger partial charge in [0.25, 0.3) is 5.91 Å². The smallest absolute Gasteiger partial charge is 0.350 e. The van der Waals surface area contributed by atoms with Gasteiger partial charge in [-0.05, 0) is 51.7 Å². The Morgan fingerprint density at radius 3 is 2.55 bits per heavy atom. The highest BCUT2D eigenvalue weighted by molar-refractivity contribution is 7.13. The van der Waals surface area contributed by atoms with Crippen molar-refractivity contribution >= 4 is 40.8 Å². The molecule has 18 heteroatoms.